The average molecular weight is 501 g/mol. The van der Waals surface area contributed by atoms with E-state index >= 15 is 0 Å². The summed E-state index contributed by atoms with van der Waals surface area (Å²) in [6, 6.07) is 23.0. The van der Waals surface area contributed by atoms with Gasteiger partial charge in [-0.3, -0.25) is 9.78 Å². The van der Waals surface area contributed by atoms with Gasteiger partial charge in [0.15, 0.2) is 0 Å². The molecule has 1 aromatic heterocycles. The maximum Gasteiger partial charge on any atom is 0.258 e. The highest BCUT2D eigenvalue weighted by molar-refractivity contribution is 5.97. The van der Waals surface area contributed by atoms with Crippen molar-refractivity contribution < 1.29 is 23.4 Å². The van der Waals surface area contributed by atoms with Crippen LogP contribution in [0.1, 0.15) is 27.0 Å². The van der Waals surface area contributed by atoms with E-state index in [0.717, 1.165) is 16.7 Å². The van der Waals surface area contributed by atoms with E-state index in [2.05, 4.69) is 4.98 Å². The van der Waals surface area contributed by atoms with E-state index in [4.69, 9.17) is 14.2 Å². The van der Waals surface area contributed by atoms with Crippen molar-refractivity contribution >= 4 is 5.91 Å². The van der Waals surface area contributed by atoms with Crippen LogP contribution >= 0.6 is 0 Å². The summed E-state index contributed by atoms with van der Waals surface area (Å²) in [5.74, 6) is 1.34. The number of ether oxygens (including phenoxy) is 3. The predicted octanol–water partition coefficient (Wildman–Crippen LogP) is 5.70. The van der Waals surface area contributed by atoms with E-state index in [1.165, 1.54) is 19.2 Å². The van der Waals surface area contributed by atoms with E-state index < -0.39 is 0 Å². The van der Waals surface area contributed by atoms with Crippen LogP contribution < -0.4 is 14.2 Å². The molecule has 0 saturated heterocycles. The Kier molecular flexibility index (Phi) is 8.70. The topological polar surface area (TPSA) is 60.9 Å². The van der Waals surface area contributed by atoms with Gasteiger partial charge in [-0.05, 0) is 65.2 Å². The molecular formula is C30H29FN2O4. The number of amides is 1. The first-order valence-electron chi connectivity index (χ1n) is 11.9. The summed E-state index contributed by atoms with van der Waals surface area (Å²) in [5, 5.41) is 0. The molecule has 0 unspecified atom stereocenters. The van der Waals surface area contributed by atoms with Gasteiger partial charge in [0.1, 0.15) is 23.1 Å². The normalized spacial score (nSPS) is 10.6. The molecule has 1 amide bonds. The van der Waals surface area contributed by atoms with Gasteiger partial charge in [0.25, 0.3) is 5.91 Å². The number of hydrogen-bond donors (Lipinski definition) is 0. The molecule has 7 heteroatoms. The number of hydrogen-bond acceptors (Lipinski definition) is 5. The number of halogens is 1. The van der Waals surface area contributed by atoms with Crippen molar-refractivity contribution in [3.63, 3.8) is 0 Å². The molecule has 6 nitrogen and oxygen atoms in total. The lowest BCUT2D eigenvalue weighted by molar-refractivity contribution is 0.0726. The van der Waals surface area contributed by atoms with Crippen LogP contribution in [-0.2, 0) is 19.5 Å². The van der Waals surface area contributed by atoms with Crippen molar-refractivity contribution in [3.05, 3.63) is 119 Å². The van der Waals surface area contributed by atoms with Crippen LogP contribution in [0.4, 0.5) is 4.39 Å². The number of carbonyl (C=O) groups excluding carboxylic acids is 1. The molecule has 4 rings (SSSR count). The molecule has 0 N–H and O–H groups in total. The standard InChI is InChI=1S/C30H29FN2O4/c1-35-26-10-11-28(29(19-26)36-2)30(34)33(20-23-12-15-32-16-13-23)21-24-4-3-5-27(18-24)37-17-14-22-6-8-25(31)9-7-22/h3-13,15-16,18-19H,14,17,20-21H2,1-2H3. The zero-order chi connectivity index (χ0) is 26.0. The molecule has 0 aliphatic carbocycles. The van der Waals surface area contributed by atoms with Gasteiger partial charge in [-0.2, -0.15) is 0 Å². The first-order chi connectivity index (χ1) is 18.1. The fraction of sp³-hybridized carbons (Fsp3) is 0.200. The van der Waals surface area contributed by atoms with Crippen LogP contribution in [0.25, 0.3) is 0 Å². The second kappa shape index (κ2) is 12.5. The van der Waals surface area contributed by atoms with Gasteiger partial charge in [0.2, 0.25) is 0 Å². The smallest absolute Gasteiger partial charge is 0.258 e. The van der Waals surface area contributed by atoms with E-state index in [-0.39, 0.29) is 11.7 Å². The molecule has 0 atom stereocenters. The highest BCUT2D eigenvalue weighted by atomic mass is 19.1. The maximum absolute atomic E-state index is 13.7. The highest BCUT2D eigenvalue weighted by Crippen LogP contribution is 2.27. The van der Waals surface area contributed by atoms with Crippen LogP contribution in [0, 0.1) is 5.82 Å². The first kappa shape index (κ1) is 25.7. The Morgan fingerprint density at radius 3 is 2.30 bits per heavy atom. The summed E-state index contributed by atoms with van der Waals surface area (Å²) in [7, 11) is 3.10. The van der Waals surface area contributed by atoms with Gasteiger partial charge in [0.05, 0.1) is 26.4 Å². The van der Waals surface area contributed by atoms with E-state index in [0.29, 0.717) is 48.9 Å². The molecule has 37 heavy (non-hydrogen) atoms. The third kappa shape index (κ3) is 7.07. The third-order valence-electron chi connectivity index (χ3n) is 5.89. The largest absolute Gasteiger partial charge is 0.497 e. The number of carbonyl (C=O) groups is 1. The SMILES string of the molecule is COc1ccc(C(=O)N(Cc2ccncc2)Cc2cccc(OCCc3ccc(F)cc3)c2)c(OC)c1. The third-order valence-corrected chi connectivity index (χ3v) is 5.89. The summed E-state index contributed by atoms with van der Waals surface area (Å²) in [4.78, 5) is 19.5. The zero-order valence-corrected chi connectivity index (χ0v) is 20.9. The minimum atomic E-state index is -0.254. The fourth-order valence-corrected chi connectivity index (χ4v) is 3.95. The maximum atomic E-state index is 13.7. The predicted molar refractivity (Wildman–Crippen MR) is 139 cm³/mol. The van der Waals surface area contributed by atoms with Crippen LogP contribution in [0.2, 0.25) is 0 Å². The number of benzene rings is 3. The Balaban J connectivity index is 1.51. The van der Waals surface area contributed by atoms with Gasteiger partial charge in [0, 0.05) is 38.0 Å². The minimum Gasteiger partial charge on any atom is -0.497 e. The average Bonchev–Trinajstić information content (AvgIpc) is 2.94. The highest BCUT2D eigenvalue weighted by Gasteiger charge is 2.21. The van der Waals surface area contributed by atoms with Gasteiger partial charge < -0.3 is 19.1 Å². The van der Waals surface area contributed by atoms with Gasteiger partial charge in [-0.25, -0.2) is 4.39 Å². The van der Waals surface area contributed by atoms with Crippen LogP contribution in [0.3, 0.4) is 0 Å². The Labute approximate surface area is 216 Å². The van der Waals surface area contributed by atoms with E-state index in [9.17, 15) is 9.18 Å². The zero-order valence-electron chi connectivity index (χ0n) is 20.9. The van der Waals surface area contributed by atoms with Crippen molar-refractivity contribution in [2.75, 3.05) is 20.8 Å². The van der Waals surface area contributed by atoms with Crippen molar-refractivity contribution in [2.24, 2.45) is 0 Å². The molecule has 3 aromatic carbocycles. The Bertz CT molecular complexity index is 1310. The van der Waals surface area contributed by atoms with E-state index in [1.54, 1.807) is 54.7 Å². The number of methoxy groups -OCH3 is 2. The molecule has 0 aliphatic rings. The first-order valence-corrected chi connectivity index (χ1v) is 11.9. The van der Waals surface area contributed by atoms with Gasteiger partial charge in [-0.1, -0.05) is 24.3 Å². The lowest BCUT2D eigenvalue weighted by Crippen LogP contribution is -2.30. The molecule has 0 radical (unpaired) electrons. The molecule has 0 saturated carbocycles. The Morgan fingerprint density at radius 2 is 1.57 bits per heavy atom. The second-order valence-corrected chi connectivity index (χ2v) is 8.46. The second-order valence-electron chi connectivity index (χ2n) is 8.46. The number of rotatable bonds is 11. The van der Waals surface area contributed by atoms with Crippen molar-refractivity contribution in [1.29, 1.82) is 0 Å². The summed E-state index contributed by atoms with van der Waals surface area (Å²) in [6.07, 6.45) is 4.08. The molecule has 0 fully saturated rings. The molecule has 0 bridgehead atoms. The quantitative estimate of drug-likeness (QED) is 0.264. The van der Waals surface area contributed by atoms with Crippen LogP contribution in [-0.4, -0.2) is 36.6 Å². The number of nitrogens with zero attached hydrogens (tertiary/aromatic N) is 2. The fourth-order valence-electron chi connectivity index (χ4n) is 3.95. The summed E-state index contributed by atoms with van der Waals surface area (Å²) < 4.78 is 29.8. The van der Waals surface area contributed by atoms with Crippen LogP contribution in [0.15, 0.2) is 91.3 Å². The van der Waals surface area contributed by atoms with Crippen molar-refractivity contribution in [1.82, 2.24) is 9.88 Å². The summed E-state index contributed by atoms with van der Waals surface area (Å²) >= 11 is 0. The molecule has 1 heterocycles. The molecule has 4 aromatic rings. The van der Waals surface area contributed by atoms with Gasteiger partial charge >= 0.3 is 0 Å². The lowest BCUT2D eigenvalue weighted by atomic mass is 10.1. The van der Waals surface area contributed by atoms with E-state index in [1.807, 2.05) is 36.4 Å². The number of aromatic nitrogens is 1. The lowest BCUT2D eigenvalue weighted by Gasteiger charge is -2.24. The van der Waals surface area contributed by atoms with Crippen molar-refractivity contribution in [2.45, 2.75) is 19.5 Å². The number of pyridine rings is 1. The summed E-state index contributed by atoms with van der Waals surface area (Å²) in [6.45, 7) is 1.22. The summed E-state index contributed by atoms with van der Waals surface area (Å²) in [5.41, 5.74) is 3.33. The van der Waals surface area contributed by atoms with Crippen LogP contribution in [0.5, 0.6) is 17.2 Å². The Morgan fingerprint density at radius 1 is 0.811 bits per heavy atom. The van der Waals surface area contributed by atoms with Gasteiger partial charge in [-0.15, -0.1) is 0 Å². The van der Waals surface area contributed by atoms with Crippen molar-refractivity contribution in [3.8, 4) is 17.2 Å². The monoisotopic (exact) mass is 500 g/mol. The Hall–Kier alpha value is -4.39. The molecular weight excluding hydrogens is 471 g/mol. The molecule has 190 valence electrons. The molecule has 0 aliphatic heterocycles. The minimum absolute atomic E-state index is 0.168. The molecule has 0 spiro atoms.